The van der Waals surface area contributed by atoms with Crippen molar-refractivity contribution in [1.82, 2.24) is 14.8 Å². The van der Waals surface area contributed by atoms with E-state index in [1.807, 2.05) is 0 Å². The Kier molecular flexibility index (Phi) is 5.30. The lowest BCUT2D eigenvalue weighted by Gasteiger charge is -2.26. The van der Waals surface area contributed by atoms with Crippen LogP contribution in [0.25, 0.3) is 27.5 Å². The number of benzene rings is 2. The first-order chi connectivity index (χ1) is 16.9. The molecule has 2 aliphatic heterocycles. The van der Waals surface area contributed by atoms with Crippen molar-refractivity contribution in [3.05, 3.63) is 59.2 Å². The van der Waals surface area contributed by atoms with Gasteiger partial charge in [-0.1, -0.05) is 0 Å². The Morgan fingerprint density at radius 2 is 1.91 bits per heavy atom. The first kappa shape index (κ1) is 22.1. The molecule has 7 nitrogen and oxygen atoms in total. The van der Waals surface area contributed by atoms with E-state index in [1.54, 1.807) is 10.6 Å². The van der Waals surface area contributed by atoms with Crippen molar-refractivity contribution in [3.8, 4) is 5.69 Å². The second kappa shape index (κ2) is 8.39. The summed E-state index contributed by atoms with van der Waals surface area (Å²) in [5, 5.41) is 17.0. The number of ether oxygens (including phenoxy) is 2. The zero-order valence-electron chi connectivity index (χ0n) is 18.6. The second-order valence-corrected chi connectivity index (χ2v) is 9.13. The quantitative estimate of drug-likeness (QED) is 0.435. The number of nitrogens with zero attached hydrogens (tertiary/aromatic N) is 2. The highest BCUT2D eigenvalue weighted by Gasteiger charge is 2.38. The molecule has 2 N–H and O–H groups in total. The van der Waals surface area contributed by atoms with Gasteiger partial charge in [0.05, 0.1) is 18.3 Å². The third-order valence-electron chi connectivity index (χ3n) is 7.13. The van der Waals surface area contributed by atoms with E-state index in [2.05, 4.69) is 10.2 Å². The van der Waals surface area contributed by atoms with Gasteiger partial charge < -0.3 is 19.1 Å². The number of halogens is 3. The summed E-state index contributed by atoms with van der Waals surface area (Å²) >= 11 is 0. The van der Waals surface area contributed by atoms with Crippen LogP contribution in [0.1, 0.15) is 42.4 Å². The molecule has 6 rings (SSSR count). The van der Waals surface area contributed by atoms with Gasteiger partial charge in [-0.2, -0.15) is 5.10 Å². The van der Waals surface area contributed by atoms with Crippen LogP contribution in [0.4, 0.5) is 13.2 Å². The minimum absolute atomic E-state index is 0.0565. The van der Waals surface area contributed by atoms with Crippen LogP contribution in [0.3, 0.4) is 0 Å². The predicted molar refractivity (Wildman–Crippen MR) is 120 cm³/mol. The molecule has 2 atom stereocenters. The maximum Gasteiger partial charge on any atom is 0.332 e. The summed E-state index contributed by atoms with van der Waals surface area (Å²) < 4.78 is 57.2. The lowest BCUT2D eigenvalue weighted by molar-refractivity contribution is -0.147. The third-order valence-corrected chi connectivity index (χ3v) is 7.13. The van der Waals surface area contributed by atoms with Gasteiger partial charge in [0, 0.05) is 53.3 Å². The van der Waals surface area contributed by atoms with E-state index in [-0.39, 0.29) is 24.5 Å². The number of hydrogen-bond donors (Lipinski definition) is 2. The van der Waals surface area contributed by atoms with Gasteiger partial charge in [-0.25, -0.2) is 18.0 Å². The molecule has 4 aromatic rings. The molecule has 4 heterocycles. The molecule has 10 heteroatoms. The molecule has 0 aliphatic carbocycles. The Labute approximate surface area is 197 Å². The Hall–Kier alpha value is -3.37. The summed E-state index contributed by atoms with van der Waals surface area (Å²) in [6, 6.07) is 5.39. The fourth-order valence-corrected chi connectivity index (χ4v) is 5.54. The summed E-state index contributed by atoms with van der Waals surface area (Å²) in [6.45, 7) is 1.13. The van der Waals surface area contributed by atoms with Crippen molar-refractivity contribution < 1.29 is 32.5 Å². The molecular weight excluding hydrogens is 463 g/mol. The lowest BCUT2D eigenvalue weighted by Crippen LogP contribution is -2.20. The van der Waals surface area contributed by atoms with Crippen molar-refractivity contribution in [3.63, 3.8) is 0 Å². The highest BCUT2D eigenvalue weighted by molar-refractivity contribution is 6.00. The smallest absolute Gasteiger partial charge is 0.332 e. The first-order valence-corrected chi connectivity index (χ1v) is 11.5. The summed E-state index contributed by atoms with van der Waals surface area (Å²) in [5.74, 6) is -4.02. The van der Waals surface area contributed by atoms with E-state index in [4.69, 9.17) is 9.47 Å². The van der Waals surface area contributed by atoms with E-state index < -0.39 is 35.4 Å². The van der Waals surface area contributed by atoms with Crippen molar-refractivity contribution in [1.29, 1.82) is 0 Å². The molecule has 0 unspecified atom stereocenters. The Bertz CT molecular complexity index is 1460. The van der Waals surface area contributed by atoms with Crippen LogP contribution in [-0.4, -0.2) is 51.8 Å². The predicted octanol–water partition coefficient (Wildman–Crippen LogP) is 4.78. The molecule has 2 fully saturated rings. The van der Waals surface area contributed by atoms with Crippen molar-refractivity contribution in [2.24, 2.45) is 0 Å². The van der Waals surface area contributed by atoms with Crippen LogP contribution in [0, 0.1) is 17.5 Å². The van der Waals surface area contributed by atoms with Gasteiger partial charge in [0.1, 0.15) is 5.52 Å². The maximum atomic E-state index is 16.1. The largest absolute Gasteiger partial charge is 0.479 e. The van der Waals surface area contributed by atoms with Gasteiger partial charge in [-0.05, 0) is 43.0 Å². The molecule has 2 saturated heterocycles. The summed E-state index contributed by atoms with van der Waals surface area (Å²) in [7, 11) is 0. The molecule has 0 saturated carbocycles. The van der Waals surface area contributed by atoms with E-state index in [9.17, 15) is 18.7 Å². The average Bonchev–Trinajstić information content (AvgIpc) is 3.59. The number of fused-ring (bicyclic) bond motifs is 2. The second-order valence-electron chi connectivity index (χ2n) is 9.13. The van der Waals surface area contributed by atoms with Crippen molar-refractivity contribution in [2.45, 2.75) is 37.2 Å². The number of aromatic amines is 1. The van der Waals surface area contributed by atoms with E-state index in [0.717, 1.165) is 17.8 Å². The standard InChI is InChI=1S/C25H22F3N3O4/c26-16-2-1-15(9-17(16)27)31-18-7-13-10-29-30-23(13)22(28)21(18)20(14-8-19(25(32)33)35-11-14)24(31)12-3-5-34-6-4-12/h1-2,7,9-10,12,14,19H,3-6,8,11H2,(H,29,30)(H,32,33)/t14-,19+/m0/s1. The minimum atomic E-state index is -1.07. The van der Waals surface area contributed by atoms with Crippen LogP contribution < -0.4 is 0 Å². The summed E-state index contributed by atoms with van der Waals surface area (Å²) in [6.07, 6.45) is 2.01. The number of carbonyl (C=O) groups is 1. The zero-order chi connectivity index (χ0) is 24.3. The van der Waals surface area contributed by atoms with Crippen LogP contribution >= 0.6 is 0 Å². The van der Waals surface area contributed by atoms with Gasteiger partial charge in [0.25, 0.3) is 0 Å². The number of hydrogen-bond acceptors (Lipinski definition) is 4. The van der Waals surface area contributed by atoms with E-state index in [0.29, 0.717) is 53.6 Å². The molecule has 182 valence electrons. The van der Waals surface area contributed by atoms with Gasteiger partial charge in [0.2, 0.25) is 0 Å². The summed E-state index contributed by atoms with van der Waals surface area (Å²) in [4.78, 5) is 11.6. The van der Waals surface area contributed by atoms with Gasteiger partial charge in [0.15, 0.2) is 23.6 Å². The number of carboxylic acids is 1. The Morgan fingerprint density at radius 1 is 1.11 bits per heavy atom. The molecule has 0 amide bonds. The molecular formula is C25H22F3N3O4. The van der Waals surface area contributed by atoms with Crippen LogP contribution in [0.15, 0.2) is 30.5 Å². The van der Waals surface area contributed by atoms with E-state index in [1.165, 1.54) is 12.3 Å². The number of nitrogens with one attached hydrogen (secondary N) is 1. The highest BCUT2D eigenvalue weighted by Crippen LogP contribution is 2.46. The maximum absolute atomic E-state index is 16.1. The topological polar surface area (TPSA) is 89.4 Å². The summed E-state index contributed by atoms with van der Waals surface area (Å²) in [5.41, 5.74) is 2.48. The number of aromatic nitrogens is 3. The fraction of sp³-hybridized carbons (Fsp3) is 0.360. The van der Waals surface area contributed by atoms with Crippen LogP contribution in [0.5, 0.6) is 0 Å². The zero-order valence-corrected chi connectivity index (χ0v) is 18.6. The average molecular weight is 485 g/mol. The molecule has 2 aromatic heterocycles. The number of H-pyrrole nitrogens is 1. The van der Waals surface area contributed by atoms with Gasteiger partial charge in [-0.15, -0.1) is 0 Å². The minimum Gasteiger partial charge on any atom is -0.479 e. The number of carboxylic acid groups (broad SMARTS) is 1. The molecule has 0 spiro atoms. The molecule has 0 bridgehead atoms. The van der Waals surface area contributed by atoms with Crippen molar-refractivity contribution >= 4 is 27.8 Å². The van der Waals surface area contributed by atoms with Crippen LogP contribution in [-0.2, 0) is 14.3 Å². The monoisotopic (exact) mass is 485 g/mol. The number of aliphatic carboxylic acids is 1. The van der Waals surface area contributed by atoms with E-state index >= 15 is 4.39 Å². The Balaban J connectivity index is 1.70. The molecule has 2 aliphatic rings. The normalized spacial score (nSPS) is 21.3. The van der Waals surface area contributed by atoms with Crippen LogP contribution in [0.2, 0.25) is 0 Å². The van der Waals surface area contributed by atoms with Gasteiger partial charge >= 0.3 is 5.97 Å². The molecule has 2 aromatic carbocycles. The molecule has 0 radical (unpaired) electrons. The SMILES string of the molecule is O=C(O)[C@H]1C[C@H](c2c(C3CCOCC3)n(-c3ccc(F)c(F)c3)c3cc4cn[nH]c4c(F)c23)CO1. The third kappa shape index (κ3) is 3.51. The first-order valence-electron chi connectivity index (χ1n) is 11.5. The van der Waals surface area contributed by atoms with Gasteiger partial charge in [-0.3, -0.25) is 5.10 Å². The number of rotatable bonds is 4. The Morgan fingerprint density at radius 3 is 2.63 bits per heavy atom. The highest BCUT2D eigenvalue weighted by atomic mass is 19.2. The fourth-order valence-electron chi connectivity index (χ4n) is 5.54. The molecule has 35 heavy (non-hydrogen) atoms. The lowest BCUT2D eigenvalue weighted by atomic mass is 9.86. The van der Waals surface area contributed by atoms with Crippen molar-refractivity contribution in [2.75, 3.05) is 19.8 Å².